The molecule has 0 saturated heterocycles. The van der Waals surface area contributed by atoms with Crippen molar-refractivity contribution in [3.63, 3.8) is 0 Å². The van der Waals surface area contributed by atoms with Crippen molar-refractivity contribution in [2.45, 2.75) is 81.9 Å². The maximum atomic E-state index is 14.0. The largest absolute Gasteiger partial charge is 0.206 e. The van der Waals surface area contributed by atoms with Crippen molar-refractivity contribution < 1.29 is 8.78 Å². The molecule has 0 N–H and O–H groups in total. The van der Waals surface area contributed by atoms with Gasteiger partial charge in [0.2, 0.25) is 0 Å². The predicted molar refractivity (Wildman–Crippen MR) is 118 cm³/mol. The van der Waals surface area contributed by atoms with Crippen LogP contribution in [-0.2, 0) is 0 Å². The highest BCUT2D eigenvalue weighted by Crippen LogP contribution is 2.44. The Kier molecular flexibility index (Phi) is 7.37. The Balaban J connectivity index is 1.24. The molecule has 160 valence electrons. The van der Waals surface area contributed by atoms with Gasteiger partial charge in [0.1, 0.15) is 17.0 Å². The van der Waals surface area contributed by atoms with Crippen LogP contribution in [0.2, 0.25) is 0 Å². The highest BCUT2D eigenvalue weighted by atomic mass is 32.2. The third-order valence-corrected chi connectivity index (χ3v) is 8.47. The molecule has 1 aromatic carbocycles. The van der Waals surface area contributed by atoms with E-state index in [0.717, 1.165) is 36.5 Å². The quantitative estimate of drug-likeness (QED) is 0.279. The average Bonchev–Trinajstić information content (AvgIpc) is 2.73. The van der Waals surface area contributed by atoms with E-state index in [2.05, 4.69) is 11.8 Å². The zero-order valence-corrected chi connectivity index (χ0v) is 18.5. The molecule has 3 aliphatic rings. The SMILES string of the molecule is N#CSc1c(F)cc(C#CC2CCC(C3CCC(CC4CCC4)CC3)CC2)cc1F. The Bertz CT molecular complexity index is 806. The fourth-order valence-electron chi connectivity index (χ4n) is 5.79. The van der Waals surface area contributed by atoms with Crippen LogP contribution >= 0.6 is 11.8 Å². The first-order chi connectivity index (χ1) is 14.6. The van der Waals surface area contributed by atoms with E-state index in [9.17, 15) is 8.78 Å². The van der Waals surface area contributed by atoms with Gasteiger partial charge in [0.25, 0.3) is 0 Å². The second kappa shape index (κ2) is 10.2. The van der Waals surface area contributed by atoms with Crippen LogP contribution in [0.1, 0.15) is 82.6 Å². The standard InChI is InChI=1S/C26H31F2NS/c27-24-15-21(16-25(28)26(24)30-17-29)5-4-18-6-10-22(11-7-18)23-12-8-20(9-13-23)14-19-2-1-3-19/h15-16,18-20,22-23H,1-3,6-14H2. The van der Waals surface area contributed by atoms with Crippen LogP contribution in [0, 0.1) is 63.7 Å². The van der Waals surface area contributed by atoms with Crippen LogP contribution < -0.4 is 0 Å². The minimum absolute atomic E-state index is 0.244. The van der Waals surface area contributed by atoms with Crippen LogP contribution in [0.4, 0.5) is 8.78 Å². The smallest absolute Gasteiger partial charge is 0.142 e. The number of thioether (sulfide) groups is 1. The summed E-state index contributed by atoms with van der Waals surface area (Å²) < 4.78 is 27.9. The predicted octanol–water partition coefficient (Wildman–Crippen LogP) is 7.69. The summed E-state index contributed by atoms with van der Waals surface area (Å²) in [6.07, 6.45) is 16.3. The van der Waals surface area contributed by atoms with Gasteiger partial charge in [-0.2, -0.15) is 5.26 Å². The molecule has 0 radical (unpaired) electrons. The van der Waals surface area contributed by atoms with Crippen LogP contribution in [0.15, 0.2) is 17.0 Å². The molecule has 0 atom stereocenters. The van der Waals surface area contributed by atoms with Gasteiger partial charge in [-0.15, -0.1) is 0 Å². The van der Waals surface area contributed by atoms with Crippen molar-refractivity contribution in [1.29, 1.82) is 5.26 Å². The monoisotopic (exact) mass is 427 g/mol. The Hall–Kier alpha value is -1.52. The molecule has 3 aliphatic carbocycles. The van der Waals surface area contributed by atoms with Crippen LogP contribution in [0.25, 0.3) is 0 Å². The van der Waals surface area contributed by atoms with Gasteiger partial charge in [-0.1, -0.05) is 43.9 Å². The van der Waals surface area contributed by atoms with Gasteiger partial charge in [0, 0.05) is 11.5 Å². The maximum Gasteiger partial charge on any atom is 0.142 e. The molecule has 0 unspecified atom stereocenters. The Morgan fingerprint density at radius 2 is 1.40 bits per heavy atom. The molecule has 3 saturated carbocycles. The van der Waals surface area contributed by atoms with Crippen molar-refractivity contribution in [2.75, 3.05) is 0 Å². The van der Waals surface area contributed by atoms with Gasteiger partial charge in [-0.05, 0) is 92.5 Å². The van der Waals surface area contributed by atoms with E-state index in [-0.39, 0.29) is 4.90 Å². The van der Waals surface area contributed by atoms with Gasteiger partial charge in [0.05, 0.1) is 4.90 Å². The first kappa shape index (κ1) is 21.7. The highest BCUT2D eigenvalue weighted by Gasteiger charge is 2.32. The number of nitriles is 1. The lowest BCUT2D eigenvalue weighted by atomic mass is 9.67. The number of hydrogen-bond acceptors (Lipinski definition) is 2. The first-order valence-corrected chi connectivity index (χ1v) is 12.5. The molecule has 4 heteroatoms. The third kappa shape index (κ3) is 5.39. The molecule has 4 rings (SSSR count). The number of nitrogens with zero attached hydrogens (tertiary/aromatic N) is 1. The molecular weight excluding hydrogens is 396 g/mol. The molecular formula is C26H31F2NS. The molecule has 0 amide bonds. The molecule has 1 aromatic rings. The molecule has 0 spiro atoms. The fraction of sp³-hybridized carbons (Fsp3) is 0.654. The summed E-state index contributed by atoms with van der Waals surface area (Å²) in [6, 6.07) is 2.48. The summed E-state index contributed by atoms with van der Waals surface area (Å²) in [4.78, 5) is -0.244. The molecule has 3 fully saturated rings. The number of rotatable bonds is 4. The van der Waals surface area contributed by atoms with E-state index < -0.39 is 11.6 Å². The Morgan fingerprint density at radius 1 is 0.833 bits per heavy atom. The molecule has 0 aromatic heterocycles. The number of hydrogen-bond donors (Lipinski definition) is 0. The molecule has 0 aliphatic heterocycles. The van der Waals surface area contributed by atoms with E-state index in [1.165, 1.54) is 76.3 Å². The summed E-state index contributed by atoms with van der Waals surface area (Å²) in [5.74, 6) is 8.94. The molecule has 0 heterocycles. The summed E-state index contributed by atoms with van der Waals surface area (Å²) in [7, 11) is 0. The van der Waals surface area contributed by atoms with E-state index >= 15 is 0 Å². The molecule has 1 nitrogen and oxygen atoms in total. The molecule has 0 bridgehead atoms. The van der Waals surface area contributed by atoms with E-state index in [1.54, 1.807) is 5.40 Å². The van der Waals surface area contributed by atoms with E-state index in [4.69, 9.17) is 5.26 Å². The topological polar surface area (TPSA) is 23.8 Å². The van der Waals surface area contributed by atoms with Gasteiger partial charge in [-0.3, -0.25) is 0 Å². The minimum atomic E-state index is -0.706. The second-order valence-corrected chi connectivity index (χ2v) is 10.5. The summed E-state index contributed by atoms with van der Waals surface area (Å²) in [5, 5.41) is 10.4. The van der Waals surface area contributed by atoms with Crippen molar-refractivity contribution in [1.82, 2.24) is 0 Å². The first-order valence-electron chi connectivity index (χ1n) is 11.7. The third-order valence-electron chi connectivity index (χ3n) is 7.79. The Labute approximate surface area is 184 Å². The van der Waals surface area contributed by atoms with Crippen molar-refractivity contribution in [2.24, 2.45) is 29.6 Å². The van der Waals surface area contributed by atoms with Crippen LogP contribution in [0.5, 0.6) is 0 Å². The summed E-state index contributed by atoms with van der Waals surface area (Å²) in [6.45, 7) is 0. The lowest BCUT2D eigenvalue weighted by Gasteiger charge is -2.38. The van der Waals surface area contributed by atoms with Gasteiger partial charge in [-0.25, -0.2) is 8.78 Å². The van der Waals surface area contributed by atoms with Gasteiger partial charge >= 0.3 is 0 Å². The lowest BCUT2D eigenvalue weighted by molar-refractivity contribution is 0.135. The van der Waals surface area contributed by atoms with Crippen LogP contribution in [-0.4, -0.2) is 0 Å². The van der Waals surface area contributed by atoms with E-state index in [1.807, 2.05) is 0 Å². The normalized spacial score (nSPS) is 29.4. The zero-order valence-electron chi connectivity index (χ0n) is 17.6. The summed E-state index contributed by atoms with van der Waals surface area (Å²) >= 11 is 0.511. The van der Waals surface area contributed by atoms with Crippen molar-refractivity contribution >= 4 is 11.8 Å². The van der Waals surface area contributed by atoms with E-state index in [0.29, 0.717) is 23.2 Å². The van der Waals surface area contributed by atoms with Gasteiger partial charge < -0.3 is 0 Å². The Morgan fingerprint density at radius 3 is 1.93 bits per heavy atom. The minimum Gasteiger partial charge on any atom is -0.206 e. The number of thiocyanates is 1. The zero-order chi connectivity index (χ0) is 20.9. The van der Waals surface area contributed by atoms with Crippen molar-refractivity contribution in [3.8, 4) is 17.2 Å². The lowest BCUT2D eigenvalue weighted by Crippen LogP contribution is -2.27. The maximum absolute atomic E-state index is 14.0. The number of benzene rings is 1. The second-order valence-electron chi connectivity index (χ2n) is 9.66. The molecule has 30 heavy (non-hydrogen) atoms. The number of halogens is 2. The van der Waals surface area contributed by atoms with Crippen LogP contribution in [0.3, 0.4) is 0 Å². The van der Waals surface area contributed by atoms with Gasteiger partial charge in [0.15, 0.2) is 0 Å². The fourth-order valence-corrected chi connectivity index (χ4v) is 6.19. The van der Waals surface area contributed by atoms with Crippen molar-refractivity contribution in [3.05, 3.63) is 29.3 Å². The summed E-state index contributed by atoms with van der Waals surface area (Å²) in [5.41, 5.74) is 0.360. The average molecular weight is 428 g/mol. The highest BCUT2D eigenvalue weighted by molar-refractivity contribution is 8.03.